The van der Waals surface area contributed by atoms with Gasteiger partial charge in [0, 0.05) is 32.8 Å². The minimum Gasteiger partial charge on any atom is -0.486 e. The average molecular weight is 334 g/mol. The zero-order chi connectivity index (χ0) is 17.4. The number of nitrogens with zero attached hydrogens (tertiary/aromatic N) is 2. The Labute approximate surface area is 143 Å². The number of carbonyl (C=O) groups is 1. The number of rotatable bonds is 8. The van der Waals surface area contributed by atoms with E-state index in [-0.39, 0.29) is 5.91 Å². The van der Waals surface area contributed by atoms with Crippen LogP contribution in [0.25, 0.3) is 6.08 Å². The second kappa shape index (κ2) is 9.30. The van der Waals surface area contributed by atoms with Crippen LogP contribution in [-0.4, -0.2) is 76.4 Å². The van der Waals surface area contributed by atoms with E-state index in [0.717, 1.165) is 23.6 Å². The monoisotopic (exact) mass is 334 g/mol. The lowest BCUT2D eigenvalue weighted by Crippen LogP contribution is -2.37. The van der Waals surface area contributed by atoms with Crippen molar-refractivity contribution in [2.75, 3.05) is 60.7 Å². The topological polar surface area (TPSA) is 51.2 Å². The Morgan fingerprint density at radius 3 is 2.62 bits per heavy atom. The van der Waals surface area contributed by atoms with Gasteiger partial charge in [-0.1, -0.05) is 6.07 Å². The molecule has 0 radical (unpaired) electrons. The number of benzene rings is 1. The molecule has 132 valence electrons. The van der Waals surface area contributed by atoms with E-state index < -0.39 is 0 Å². The zero-order valence-electron chi connectivity index (χ0n) is 14.7. The molecule has 0 saturated carbocycles. The maximum Gasteiger partial charge on any atom is 0.246 e. The van der Waals surface area contributed by atoms with Crippen molar-refractivity contribution >= 4 is 12.0 Å². The highest BCUT2D eigenvalue weighted by molar-refractivity contribution is 5.91. The van der Waals surface area contributed by atoms with Crippen LogP contribution < -0.4 is 9.47 Å². The summed E-state index contributed by atoms with van der Waals surface area (Å²) in [5.74, 6) is 1.45. The van der Waals surface area contributed by atoms with Gasteiger partial charge in [0.05, 0.1) is 6.61 Å². The molecule has 0 bridgehead atoms. The minimum absolute atomic E-state index is 0.0243. The number of carbonyl (C=O) groups excluding carboxylic acids is 1. The molecule has 1 aliphatic rings. The molecule has 0 aromatic heterocycles. The SMILES string of the molecule is COCCN(CCN(C)C)C(=O)/C=C\c1ccc2c(c1)OCCO2. The molecule has 1 aromatic rings. The molecule has 0 atom stereocenters. The van der Waals surface area contributed by atoms with Crippen LogP contribution in [0, 0.1) is 0 Å². The first-order valence-corrected chi connectivity index (χ1v) is 8.10. The summed E-state index contributed by atoms with van der Waals surface area (Å²) < 4.78 is 16.2. The summed E-state index contributed by atoms with van der Waals surface area (Å²) in [4.78, 5) is 16.3. The Morgan fingerprint density at radius 2 is 1.92 bits per heavy atom. The van der Waals surface area contributed by atoms with E-state index in [4.69, 9.17) is 14.2 Å². The maximum atomic E-state index is 12.4. The summed E-state index contributed by atoms with van der Waals surface area (Å²) in [6, 6.07) is 5.67. The van der Waals surface area contributed by atoms with Gasteiger partial charge in [0.1, 0.15) is 13.2 Å². The lowest BCUT2D eigenvalue weighted by Gasteiger charge is -2.23. The molecule has 0 N–H and O–H groups in total. The summed E-state index contributed by atoms with van der Waals surface area (Å²) in [5.41, 5.74) is 0.909. The van der Waals surface area contributed by atoms with Crippen molar-refractivity contribution in [3.05, 3.63) is 29.8 Å². The maximum absolute atomic E-state index is 12.4. The van der Waals surface area contributed by atoms with Gasteiger partial charge in [0.15, 0.2) is 11.5 Å². The van der Waals surface area contributed by atoms with Gasteiger partial charge in [-0.05, 0) is 37.9 Å². The van der Waals surface area contributed by atoms with Gasteiger partial charge in [0.2, 0.25) is 5.91 Å². The van der Waals surface area contributed by atoms with Crippen molar-refractivity contribution in [3.8, 4) is 11.5 Å². The molecule has 1 aromatic carbocycles. The number of fused-ring (bicyclic) bond motifs is 1. The number of hydrogen-bond acceptors (Lipinski definition) is 5. The Hall–Kier alpha value is -2.05. The highest BCUT2D eigenvalue weighted by atomic mass is 16.6. The molecule has 0 aliphatic carbocycles. The number of amides is 1. The molecule has 1 heterocycles. The van der Waals surface area contributed by atoms with Gasteiger partial charge in [-0.15, -0.1) is 0 Å². The number of likely N-dealkylation sites (N-methyl/N-ethyl adjacent to an activating group) is 1. The molecule has 2 rings (SSSR count). The molecular formula is C18H26N2O4. The smallest absolute Gasteiger partial charge is 0.246 e. The lowest BCUT2D eigenvalue weighted by molar-refractivity contribution is -0.126. The van der Waals surface area contributed by atoms with Crippen LogP contribution in [0.5, 0.6) is 11.5 Å². The molecule has 6 nitrogen and oxygen atoms in total. The third-order valence-electron chi connectivity index (χ3n) is 3.68. The van der Waals surface area contributed by atoms with E-state index >= 15 is 0 Å². The van der Waals surface area contributed by atoms with E-state index in [1.54, 1.807) is 24.2 Å². The first kappa shape index (κ1) is 18.3. The first-order valence-electron chi connectivity index (χ1n) is 8.10. The summed E-state index contributed by atoms with van der Waals surface area (Å²) in [7, 11) is 5.62. The highest BCUT2D eigenvalue weighted by Crippen LogP contribution is 2.31. The van der Waals surface area contributed by atoms with Crippen LogP contribution in [0.4, 0.5) is 0 Å². The summed E-state index contributed by atoms with van der Waals surface area (Å²) in [6.45, 7) is 3.70. The van der Waals surface area contributed by atoms with Crippen molar-refractivity contribution in [1.29, 1.82) is 0 Å². The van der Waals surface area contributed by atoms with Crippen LogP contribution >= 0.6 is 0 Å². The average Bonchev–Trinajstić information content (AvgIpc) is 2.59. The third kappa shape index (κ3) is 5.54. The number of ether oxygens (including phenoxy) is 3. The van der Waals surface area contributed by atoms with Gasteiger partial charge in [-0.2, -0.15) is 0 Å². The lowest BCUT2D eigenvalue weighted by atomic mass is 10.1. The Kier molecular flexibility index (Phi) is 7.08. The molecule has 0 unspecified atom stereocenters. The van der Waals surface area contributed by atoms with E-state index in [0.29, 0.717) is 32.9 Å². The second-order valence-corrected chi connectivity index (χ2v) is 5.86. The quantitative estimate of drug-likeness (QED) is 0.675. The zero-order valence-corrected chi connectivity index (χ0v) is 14.7. The van der Waals surface area contributed by atoms with Crippen LogP contribution in [0.3, 0.4) is 0 Å². The fourth-order valence-electron chi connectivity index (χ4n) is 2.29. The number of hydrogen-bond donors (Lipinski definition) is 0. The second-order valence-electron chi connectivity index (χ2n) is 5.86. The first-order chi connectivity index (χ1) is 11.6. The van der Waals surface area contributed by atoms with Gasteiger partial charge < -0.3 is 24.0 Å². The van der Waals surface area contributed by atoms with Crippen LogP contribution in [0.2, 0.25) is 0 Å². The standard InChI is InChI=1S/C18H26N2O4/c1-19(2)8-9-20(10-11-22-3)18(21)7-5-15-4-6-16-17(14-15)24-13-12-23-16/h4-7,14H,8-13H2,1-3H3/b7-5-. The van der Waals surface area contributed by atoms with Crippen LogP contribution in [0.15, 0.2) is 24.3 Å². The van der Waals surface area contributed by atoms with Gasteiger partial charge >= 0.3 is 0 Å². The molecule has 1 aliphatic heterocycles. The summed E-state index contributed by atoms with van der Waals surface area (Å²) in [5, 5.41) is 0. The predicted molar refractivity (Wildman–Crippen MR) is 93.5 cm³/mol. The fraction of sp³-hybridized carbons (Fsp3) is 0.500. The van der Waals surface area contributed by atoms with Gasteiger partial charge in [-0.25, -0.2) is 0 Å². The molecular weight excluding hydrogens is 308 g/mol. The molecule has 6 heteroatoms. The van der Waals surface area contributed by atoms with Gasteiger partial charge in [-0.3, -0.25) is 4.79 Å². The number of methoxy groups -OCH3 is 1. The van der Waals surface area contributed by atoms with Crippen molar-refractivity contribution in [2.45, 2.75) is 0 Å². The van der Waals surface area contributed by atoms with E-state index in [9.17, 15) is 4.79 Å². The largest absolute Gasteiger partial charge is 0.486 e. The fourth-order valence-corrected chi connectivity index (χ4v) is 2.29. The molecule has 0 fully saturated rings. The van der Waals surface area contributed by atoms with Crippen LogP contribution in [0.1, 0.15) is 5.56 Å². The van der Waals surface area contributed by atoms with E-state index in [1.165, 1.54) is 0 Å². The normalized spacial score (nSPS) is 13.5. The molecule has 24 heavy (non-hydrogen) atoms. The van der Waals surface area contributed by atoms with E-state index in [2.05, 4.69) is 4.90 Å². The summed E-state index contributed by atoms with van der Waals surface area (Å²) >= 11 is 0. The molecule has 1 amide bonds. The van der Waals surface area contributed by atoms with Crippen LogP contribution in [-0.2, 0) is 9.53 Å². The Balaban J connectivity index is 2.00. The summed E-state index contributed by atoms with van der Waals surface area (Å²) in [6.07, 6.45) is 3.40. The highest BCUT2D eigenvalue weighted by Gasteiger charge is 2.12. The predicted octanol–water partition coefficient (Wildman–Crippen LogP) is 1.51. The Bertz CT molecular complexity index is 572. The van der Waals surface area contributed by atoms with Gasteiger partial charge in [0.25, 0.3) is 0 Å². The van der Waals surface area contributed by atoms with Crippen molar-refractivity contribution < 1.29 is 19.0 Å². The van der Waals surface area contributed by atoms with Crippen molar-refractivity contribution in [3.63, 3.8) is 0 Å². The van der Waals surface area contributed by atoms with Crippen molar-refractivity contribution in [2.24, 2.45) is 0 Å². The Morgan fingerprint density at radius 1 is 1.17 bits per heavy atom. The van der Waals surface area contributed by atoms with E-state index in [1.807, 2.05) is 32.3 Å². The molecule has 0 spiro atoms. The molecule has 0 saturated heterocycles. The third-order valence-corrected chi connectivity index (χ3v) is 3.68. The minimum atomic E-state index is -0.0243. The van der Waals surface area contributed by atoms with Crippen molar-refractivity contribution in [1.82, 2.24) is 9.80 Å².